The number of carbonyl (C=O) groups is 1. The Labute approximate surface area is 150 Å². The van der Waals surface area contributed by atoms with E-state index in [1.807, 2.05) is 20.1 Å². The van der Waals surface area contributed by atoms with Crippen LogP contribution in [0.25, 0.3) is 10.2 Å². The summed E-state index contributed by atoms with van der Waals surface area (Å²) in [6.07, 6.45) is 3.45. The molecule has 3 aromatic rings. The molecule has 2 heterocycles. The van der Waals surface area contributed by atoms with Gasteiger partial charge in [0, 0.05) is 6.20 Å². The van der Waals surface area contributed by atoms with E-state index >= 15 is 0 Å². The second-order valence-electron chi connectivity index (χ2n) is 4.95. The fraction of sp³-hybridized carbons (Fsp3) is 0.200. The molecule has 8 heteroatoms. The molecule has 0 aliphatic rings. The predicted molar refractivity (Wildman–Crippen MR) is 98.6 cm³/mol. The van der Waals surface area contributed by atoms with Gasteiger partial charge in [0.2, 0.25) is 0 Å². The van der Waals surface area contributed by atoms with Gasteiger partial charge in [-0.15, -0.1) is 0 Å². The Kier molecular flexibility index (Phi) is 4.65. The molecule has 0 spiro atoms. The minimum Gasteiger partial charge on any atom is -0.296 e. The van der Waals surface area contributed by atoms with Crippen LogP contribution in [0.1, 0.15) is 21.6 Å². The number of nitrogens with one attached hydrogen (secondary N) is 1. The van der Waals surface area contributed by atoms with E-state index in [1.54, 1.807) is 6.20 Å². The van der Waals surface area contributed by atoms with Gasteiger partial charge in [-0.25, -0.2) is 15.0 Å². The number of fused-ring (bicyclic) bond motifs is 1. The van der Waals surface area contributed by atoms with Crippen LogP contribution in [0.4, 0.5) is 5.13 Å². The minimum absolute atomic E-state index is 0.302. The van der Waals surface area contributed by atoms with E-state index in [0.717, 1.165) is 15.8 Å². The molecule has 0 aliphatic carbocycles. The number of amides is 1. The summed E-state index contributed by atoms with van der Waals surface area (Å²) in [5.74, 6) is -0.303. The Morgan fingerprint density at radius 2 is 2.09 bits per heavy atom. The van der Waals surface area contributed by atoms with Crippen LogP contribution < -0.4 is 5.32 Å². The number of aryl methyl sites for hydroxylation is 2. The Morgan fingerprint density at radius 3 is 2.83 bits per heavy atom. The van der Waals surface area contributed by atoms with Gasteiger partial charge in [-0.1, -0.05) is 29.2 Å². The summed E-state index contributed by atoms with van der Waals surface area (Å²) >= 11 is 6.16. The molecule has 0 fully saturated rings. The Balaban J connectivity index is 1.93. The van der Waals surface area contributed by atoms with Crippen molar-refractivity contribution in [2.45, 2.75) is 19.0 Å². The number of hydrogen-bond donors (Lipinski definition) is 1. The maximum absolute atomic E-state index is 12.5. The quantitative estimate of drug-likeness (QED) is 0.512. The number of anilines is 1. The summed E-state index contributed by atoms with van der Waals surface area (Å²) in [6.45, 7) is 4.07. The van der Waals surface area contributed by atoms with Crippen LogP contribution in [-0.2, 0) is 0 Å². The van der Waals surface area contributed by atoms with Crippen LogP contribution in [0.2, 0.25) is 0 Å². The van der Waals surface area contributed by atoms with Crippen molar-refractivity contribution in [1.82, 2.24) is 15.0 Å². The number of halogens is 1. The van der Waals surface area contributed by atoms with Crippen molar-refractivity contribution in [1.29, 1.82) is 0 Å². The highest BCUT2D eigenvalue weighted by Crippen LogP contribution is 2.30. The maximum Gasteiger partial charge on any atom is 0.277 e. The molecule has 118 valence electrons. The van der Waals surface area contributed by atoms with Crippen molar-refractivity contribution in [2.75, 3.05) is 11.6 Å². The first-order valence-electron chi connectivity index (χ1n) is 6.73. The molecule has 2 aromatic heterocycles. The lowest BCUT2D eigenvalue weighted by atomic mass is 10.1. The number of thioether (sulfide) groups is 1. The number of carbonyl (C=O) groups excluding carboxylic acids is 1. The number of hydrogen-bond acceptors (Lipinski definition) is 6. The van der Waals surface area contributed by atoms with Crippen LogP contribution in [0.15, 0.2) is 28.0 Å². The summed E-state index contributed by atoms with van der Waals surface area (Å²) in [7, 11) is 0. The third kappa shape index (κ3) is 3.39. The van der Waals surface area contributed by atoms with E-state index in [0.29, 0.717) is 20.5 Å². The van der Waals surface area contributed by atoms with E-state index in [2.05, 4.69) is 48.3 Å². The van der Waals surface area contributed by atoms with E-state index < -0.39 is 0 Å². The molecular weight excluding hydrogens is 396 g/mol. The zero-order valence-corrected chi connectivity index (χ0v) is 15.9. The number of nitrogens with zero attached hydrogens (tertiary/aromatic N) is 3. The molecule has 0 saturated carbocycles. The Hall–Kier alpha value is -1.51. The number of thiazole rings is 1. The summed E-state index contributed by atoms with van der Waals surface area (Å²) in [4.78, 5) is 25.3. The molecule has 0 atom stereocenters. The topological polar surface area (TPSA) is 67.8 Å². The van der Waals surface area contributed by atoms with Crippen molar-refractivity contribution >= 4 is 60.3 Å². The van der Waals surface area contributed by atoms with Crippen molar-refractivity contribution in [3.63, 3.8) is 0 Å². The smallest absolute Gasteiger partial charge is 0.277 e. The van der Waals surface area contributed by atoms with Gasteiger partial charge >= 0.3 is 0 Å². The molecule has 1 amide bonds. The van der Waals surface area contributed by atoms with Crippen molar-refractivity contribution in [3.05, 3.63) is 39.6 Å². The molecule has 1 aromatic carbocycles. The standard InChI is InChI=1S/C15H13BrN4OS2/c1-7-4-8(2)11-10(5-7)23-15(18-11)20-13(21)12-9(16)6-17-14(19-12)22-3/h4-6H,1-3H3,(H,18,20,21). The number of rotatable bonds is 3. The molecule has 3 rings (SSSR count). The second kappa shape index (κ2) is 6.54. The van der Waals surface area contributed by atoms with Crippen LogP contribution in [0.3, 0.4) is 0 Å². The van der Waals surface area contributed by atoms with Gasteiger partial charge in [0.25, 0.3) is 5.91 Å². The highest BCUT2D eigenvalue weighted by Gasteiger charge is 2.16. The van der Waals surface area contributed by atoms with Crippen molar-refractivity contribution in [2.24, 2.45) is 0 Å². The van der Waals surface area contributed by atoms with Gasteiger partial charge in [0.15, 0.2) is 10.3 Å². The van der Waals surface area contributed by atoms with Gasteiger partial charge < -0.3 is 0 Å². The highest BCUT2D eigenvalue weighted by atomic mass is 79.9. The average Bonchev–Trinajstić information content (AvgIpc) is 2.90. The van der Waals surface area contributed by atoms with Gasteiger partial charge in [0.1, 0.15) is 5.69 Å². The highest BCUT2D eigenvalue weighted by molar-refractivity contribution is 9.10. The van der Waals surface area contributed by atoms with Crippen LogP contribution in [-0.4, -0.2) is 27.1 Å². The van der Waals surface area contributed by atoms with Gasteiger partial charge in [-0.05, 0) is 53.2 Å². The Morgan fingerprint density at radius 1 is 1.30 bits per heavy atom. The van der Waals surface area contributed by atoms with Gasteiger partial charge in [-0.3, -0.25) is 10.1 Å². The zero-order valence-electron chi connectivity index (χ0n) is 12.7. The molecule has 23 heavy (non-hydrogen) atoms. The van der Waals surface area contributed by atoms with Crippen LogP contribution in [0.5, 0.6) is 0 Å². The lowest BCUT2D eigenvalue weighted by Gasteiger charge is -2.04. The number of benzene rings is 1. The Bertz CT molecular complexity index is 910. The summed E-state index contributed by atoms with van der Waals surface area (Å²) in [5.41, 5.74) is 3.50. The fourth-order valence-electron chi connectivity index (χ4n) is 2.19. The second-order valence-corrected chi connectivity index (χ2v) is 7.61. The monoisotopic (exact) mass is 408 g/mol. The van der Waals surface area contributed by atoms with Gasteiger partial charge in [0.05, 0.1) is 14.7 Å². The first-order chi connectivity index (χ1) is 11.0. The predicted octanol–water partition coefficient (Wildman–Crippen LogP) is 4.44. The largest absolute Gasteiger partial charge is 0.296 e. The van der Waals surface area contributed by atoms with Crippen molar-refractivity contribution < 1.29 is 4.79 Å². The molecule has 5 nitrogen and oxygen atoms in total. The molecule has 0 unspecified atom stereocenters. The fourth-order valence-corrected chi connectivity index (χ4v) is 3.94. The third-order valence-electron chi connectivity index (χ3n) is 3.17. The minimum atomic E-state index is -0.303. The summed E-state index contributed by atoms with van der Waals surface area (Å²) in [5, 5.41) is 3.94. The summed E-state index contributed by atoms with van der Waals surface area (Å²) < 4.78 is 1.62. The van der Waals surface area contributed by atoms with Crippen LogP contribution >= 0.6 is 39.0 Å². The SMILES string of the molecule is CSc1ncc(Br)c(C(=O)Nc2nc3c(C)cc(C)cc3s2)n1. The molecule has 0 aliphatic heterocycles. The van der Waals surface area contributed by atoms with Gasteiger partial charge in [-0.2, -0.15) is 0 Å². The average molecular weight is 409 g/mol. The molecule has 0 saturated heterocycles. The molecular formula is C15H13BrN4OS2. The molecule has 1 N–H and O–H groups in total. The lowest BCUT2D eigenvalue weighted by Crippen LogP contribution is -2.15. The van der Waals surface area contributed by atoms with Crippen molar-refractivity contribution in [3.8, 4) is 0 Å². The van der Waals surface area contributed by atoms with E-state index in [4.69, 9.17) is 0 Å². The number of aromatic nitrogens is 3. The lowest BCUT2D eigenvalue weighted by molar-refractivity contribution is 0.102. The maximum atomic E-state index is 12.5. The van der Waals surface area contributed by atoms with E-state index in [1.165, 1.54) is 28.7 Å². The van der Waals surface area contributed by atoms with E-state index in [9.17, 15) is 4.79 Å². The third-order valence-corrected chi connectivity index (χ3v) is 5.23. The summed E-state index contributed by atoms with van der Waals surface area (Å²) in [6, 6.07) is 4.15. The zero-order chi connectivity index (χ0) is 16.6. The normalized spacial score (nSPS) is 11.0. The first-order valence-corrected chi connectivity index (χ1v) is 9.57. The first kappa shape index (κ1) is 16.4. The molecule has 0 bridgehead atoms. The van der Waals surface area contributed by atoms with Crippen LogP contribution in [0, 0.1) is 13.8 Å². The van der Waals surface area contributed by atoms with E-state index in [-0.39, 0.29) is 5.91 Å². The molecule has 0 radical (unpaired) electrons.